The van der Waals surface area contributed by atoms with Crippen molar-refractivity contribution >= 4 is 20.1 Å². The first-order valence-electron chi connectivity index (χ1n) is 8.49. The van der Waals surface area contributed by atoms with Crippen molar-refractivity contribution in [3.05, 3.63) is 48.0 Å². The van der Waals surface area contributed by atoms with Gasteiger partial charge in [-0.05, 0) is 56.2 Å². The monoisotopic (exact) mass is 422 g/mol. The molecular formula is C18H18N2O6S2. The number of hydrogen-bond acceptors (Lipinski definition) is 7. The van der Waals surface area contributed by atoms with Crippen LogP contribution in [0.2, 0.25) is 0 Å². The molecule has 148 valence electrons. The van der Waals surface area contributed by atoms with Gasteiger partial charge in [-0.3, -0.25) is 0 Å². The summed E-state index contributed by atoms with van der Waals surface area (Å²) in [7, 11) is -7.90. The molecule has 0 amide bonds. The van der Waals surface area contributed by atoms with Crippen LogP contribution in [0.25, 0.3) is 0 Å². The maximum absolute atomic E-state index is 12.6. The van der Waals surface area contributed by atoms with Crippen LogP contribution >= 0.6 is 0 Å². The van der Waals surface area contributed by atoms with Gasteiger partial charge in [-0.25, -0.2) is 13.1 Å². The van der Waals surface area contributed by atoms with Gasteiger partial charge in [-0.2, -0.15) is 13.7 Å². The minimum Gasteiger partial charge on any atom is -0.490 e. The van der Waals surface area contributed by atoms with E-state index in [2.05, 4.69) is 4.72 Å². The Morgan fingerprint density at radius 3 is 2.25 bits per heavy atom. The van der Waals surface area contributed by atoms with Gasteiger partial charge in [0, 0.05) is 12.1 Å². The third-order valence-corrected chi connectivity index (χ3v) is 6.68. The Morgan fingerprint density at radius 1 is 1.04 bits per heavy atom. The number of nitrogens with one attached hydrogen (secondary N) is 1. The van der Waals surface area contributed by atoms with Crippen LogP contribution in [0.1, 0.15) is 25.3 Å². The predicted octanol–water partition coefficient (Wildman–Crippen LogP) is 2.17. The van der Waals surface area contributed by atoms with E-state index < -0.39 is 20.1 Å². The summed E-state index contributed by atoms with van der Waals surface area (Å²) in [4.78, 5) is -0.226. The SMILES string of the molecule is CCOc1cc(C#N)ccc1OS(=O)(=O)c1ccc(S(=O)(=O)NC2CC2)cc1. The minimum atomic E-state index is -4.22. The number of sulfonamides is 1. The maximum atomic E-state index is 12.6. The van der Waals surface area contributed by atoms with Crippen LogP contribution in [0.5, 0.6) is 11.5 Å². The molecule has 0 aliphatic heterocycles. The van der Waals surface area contributed by atoms with Crippen LogP contribution in [0.15, 0.2) is 52.3 Å². The van der Waals surface area contributed by atoms with Crippen LogP contribution in [0, 0.1) is 11.3 Å². The average molecular weight is 422 g/mol. The highest BCUT2D eigenvalue weighted by molar-refractivity contribution is 7.89. The van der Waals surface area contributed by atoms with Crippen molar-refractivity contribution in [3.63, 3.8) is 0 Å². The van der Waals surface area contributed by atoms with E-state index in [4.69, 9.17) is 14.2 Å². The molecule has 1 aliphatic carbocycles. The predicted molar refractivity (Wildman–Crippen MR) is 99.9 cm³/mol. The van der Waals surface area contributed by atoms with Crippen molar-refractivity contribution in [1.29, 1.82) is 5.26 Å². The summed E-state index contributed by atoms with van der Waals surface area (Å²) in [6, 6.07) is 10.8. The zero-order valence-electron chi connectivity index (χ0n) is 15.0. The number of hydrogen-bond donors (Lipinski definition) is 1. The number of benzene rings is 2. The van der Waals surface area contributed by atoms with Gasteiger partial charge >= 0.3 is 10.1 Å². The lowest BCUT2D eigenvalue weighted by molar-refractivity contribution is 0.327. The molecule has 1 N–H and O–H groups in total. The Labute approximate surface area is 163 Å². The summed E-state index contributed by atoms with van der Waals surface area (Å²) in [5.41, 5.74) is 0.297. The Hall–Kier alpha value is -2.61. The maximum Gasteiger partial charge on any atom is 0.339 e. The molecule has 0 spiro atoms. The average Bonchev–Trinajstić information content (AvgIpc) is 3.46. The number of nitriles is 1. The fraction of sp³-hybridized carbons (Fsp3) is 0.278. The highest BCUT2D eigenvalue weighted by Crippen LogP contribution is 2.31. The molecule has 0 unspecified atom stereocenters. The molecule has 3 rings (SSSR count). The highest BCUT2D eigenvalue weighted by atomic mass is 32.2. The molecule has 0 atom stereocenters. The molecule has 0 bridgehead atoms. The van der Waals surface area contributed by atoms with Gasteiger partial charge < -0.3 is 8.92 Å². The molecule has 2 aromatic rings. The smallest absolute Gasteiger partial charge is 0.339 e. The fourth-order valence-electron chi connectivity index (χ4n) is 2.36. The van der Waals surface area contributed by atoms with Crippen molar-refractivity contribution in [2.45, 2.75) is 35.6 Å². The first kappa shape index (κ1) is 20.1. The molecule has 0 radical (unpaired) electrons. The lowest BCUT2D eigenvalue weighted by Gasteiger charge is -2.12. The van der Waals surface area contributed by atoms with Crippen LogP contribution in [0.3, 0.4) is 0 Å². The molecular weight excluding hydrogens is 404 g/mol. The second kappa shape index (κ2) is 7.79. The van der Waals surface area contributed by atoms with Gasteiger partial charge in [0.15, 0.2) is 11.5 Å². The number of nitrogens with zero attached hydrogens (tertiary/aromatic N) is 1. The highest BCUT2D eigenvalue weighted by Gasteiger charge is 2.28. The van der Waals surface area contributed by atoms with Gasteiger partial charge in [0.2, 0.25) is 10.0 Å². The summed E-state index contributed by atoms with van der Waals surface area (Å²) < 4.78 is 62.5. The summed E-state index contributed by atoms with van der Waals surface area (Å²) in [6.45, 7) is 1.97. The van der Waals surface area contributed by atoms with Gasteiger partial charge in [0.05, 0.1) is 23.1 Å². The Balaban J connectivity index is 1.84. The molecule has 1 fully saturated rings. The largest absolute Gasteiger partial charge is 0.490 e. The van der Waals surface area contributed by atoms with Crippen molar-refractivity contribution in [1.82, 2.24) is 4.72 Å². The van der Waals surface area contributed by atoms with Crippen molar-refractivity contribution in [2.24, 2.45) is 0 Å². The van der Waals surface area contributed by atoms with Crippen LogP contribution in [0.4, 0.5) is 0 Å². The summed E-state index contributed by atoms with van der Waals surface area (Å²) in [5.74, 6) is 0.0610. The molecule has 8 nitrogen and oxygen atoms in total. The third-order valence-electron chi connectivity index (χ3n) is 3.89. The van der Waals surface area contributed by atoms with E-state index in [0.717, 1.165) is 12.8 Å². The van der Waals surface area contributed by atoms with E-state index in [9.17, 15) is 16.8 Å². The Kier molecular flexibility index (Phi) is 5.60. The lowest BCUT2D eigenvalue weighted by atomic mass is 10.2. The van der Waals surface area contributed by atoms with E-state index in [1.165, 1.54) is 42.5 Å². The molecule has 1 aliphatic rings. The van der Waals surface area contributed by atoms with Gasteiger partial charge in [0.1, 0.15) is 4.90 Å². The molecule has 0 aromatic heterocycles. The molecule has 10 heteroatoms. The Morgan fingerprint density at radius 2 is 1.68 bits per heavy atom. The molecule has 28 heavy (non-hydrogen) atoms. The zero-order chi connectivity index (χ0) is 20.4. The summed E-state index contributed by atoms with van der Waals surface area (Å²) in [6.07, 6.45) is 1.60. The van der Waals surface area contributed by atoms with Crippen molar-refractivity contribution in [2.75, 3.05) is 6.61 Å². The van der Waals surface area contributed by atoms with Crippen LogP contribution < -0.4 is 13.6 Å². The lowest BCUT2D eigenvalue weighted by Crippen LogP contribution is -2.25. The van der Waals surface area contributed by atoms with E-state index in [-0.39, 0.29) is 33.9 Å². The standard InChI is InChI=1S/C18H18N2O6S2/c1-2-25-18-11-13(12-19)3-10-17(18)26-28(23,24)16-8-6-15(7-9-16)27(21,22)20-14-4-5-14/h3,6-11,14,20H,2,4-5H2,1H3. The topological polar surface area (TPSA) is 123 Å². The molecule has 2 aromatic carbocycles. The second-order valence-corrected chi connectivity index (χ2v) is 9.37. The molecule has 0 heterocycles. The first-order valence-corrected chi connectivity index (χ1v) is 11.4. The minimum absolute atomic E-state index is 0.0215. The van der Waals surface area contributed by atoms with Crippen LogP contribution in [-0.2, 0) is 20.1 Å². The first-order chi connectivity index (χ1) is 13.2. The van der Waals surface area contributed by atoms with Crippen LogP contribution in [-0.4, -0.2) is 29.5 Å². The van der Waals surface area contributed by atoms with E-state index in [1.807, 2.05) is 6.07 Å². The fourth-order valence-corrected chi connectivity index (χ4v) is 4.60. The van der Waals surface area contributed by atoms with E-state index in [1.54, 1.807) is 6.92 Å². The summed E-state index contributed by atoms with van der Waals surface area (Å²) >= 11 is 0. The summed E-state index contributed by atoms with van der Waals surface area (Å²) in [5, 5.41) is 8.96. The van der Waals surface area contributed by atoms with E-state index >= 15 is 0 Å². The normalized spacial score (nSPS) is 14.3. The zero-order valence-corrected chi connectivity index (χ0v) is 16.6. The molecule has 1 saturated carbocycles. The van der Waals surface area contributed by atoms with E-state index in [0.29, 0.717) is 5.56 Å². The van der Waals surface area contributed by atoms with Gasteiger partial charge in [-0.15, -0.1) is 0 Å². The molecule has 0 saturated heterocycles. The third kappa shape index (κ3) is 4.62. The van der Waals surface area contributed by atoms with Gasteiger partial charge in [-0.1, -0.05) is 0 Å². The number of rotatable bonds is 8. The van der Waals surface area contributed by atoms with Gasteiger partial charge in [0.25, 0.3) is 0 Å². The quantitative estimate of drug-likeness (QED) is 0.647. The van der Waals surface area contributed by atoms with Crippen molar-refractivity contribution in [3.8, 4) is 17.6 Å². The Bertz CT molecular complexity index is 1120. The second-order valence-electron chi connectivity index (χ2n) is 6.11. The van der Waals surface area contributed by atoms with Crippen molar-refractivity contribution < 1.29 is 25.8 Å². The number of ether oxygens (including phenoxy) is 1.